The molecule has 2 aliphatic heterocycles. The van der Waals surface area contributed by atoms with Crippen LogP contribution in [-0.4, -0.2) is 38.4 Å². The zero-order valence-electron chi connectivity index (χ0n) is 12.8. The Labute approximate surface area is 131 Å². The van der Waals surface area contributed by atoms with Gasteiger partial charge in [0.2, 0.25) is 0 Å². The van der Waals surface area contributed by atoms with Gasteiger partial charge in [0.15, 0.2) is 0 Å². The SMILES string of the molecule is O=C(NCC1CCCO1)NC[C@H]1CCO[C@@H]1c1ccccc1. The number of rotatable bonds is 5. The standard InChI is InChI=1S/C17H24N2O3/c20-17(19-12-15-7-4-9-21-15)18-11-14-8-10-22-16(14)13-5-2-1-3-6-13/h1-3,5-6,14-16H,4,7-12H2,(H2,18,19,20)/t14-,15?,16-/m1/s1. The summed E-state index contributed by atoms with van der Waals surface area (Å²) in [6.45, 7) is 2.79. The molecule has 0 bridgehead atoms. The summed E-state index contributed by atoms with van der Waals surface area (Å²) >= 11 is 0. The smallest absolute Gasteiger partial charge is 0.314 e. The molecule has 3 atom stereocenters. The normalized spacial score (nSPS) is 27.7. The Morgan fingerprint density at radius 2 is 1.86 bits per heavy atom. The summed E-state index contributed by atoms with van der Waals surface area (Å²) in [5.41, 5.74) is 1.19. The molecule has 2 amide bonds. The zero-order chi connectivity index (χ0) is 15.2. The molecular formula is C17H24N2O3. The molecule has 2 heterocycles. The Kier molecular flexibility index (Phi) is 5.29. The lowest BCUT2D eigenvalue weighted by atomic mass is 9.95. The van der Waals surface area contributed by atoms with Crippen LogP contribution in [0.1, 0.15) is 30.9 Å². The second-order valence-corrected chi connectivity index (χ2v) is 5.98. The third-order valence-electron chi connectivity index (χ3n) is 4.38. The second kappa shape index (κ2) is 7.61. The Morgan fingerprint density at radius 3 is 2.64 bits per heavy atom. The average molecular weight is 304 g/mol. The summed E-state index contributed by atoms with van der Waals surface area (Å²) in [4.78, 5) is 11.9. The third-order valence-corrected chi connectivity index (χ3v) is 4.38. The van der Waals surface area contributed by atoms with Crippen molar-refractivity contribution in [1.82, 2.24) is 10.6 Å². The summed E-state index contributed by atoms with van der Waals surface area (Å²) in [6.07, 6.45) is 3.36. The van der Waals surface area contributed by atoms with Crippen LogP contribution in [-0.2, 0) is 9.47 Å². The van der Waals surface area contributed by atoms with Gasteiger partial charge in [-0.1, -0.05) is 30.3 Å². The van der Waals surface area contributed by atoms with Crippen molar-refractivity contribution in [1.29, 1.82) is 0 Å². The molecule has 2 saturated heterocycles. The fraction of sp³-hybridized carbons (Fsp3) is 0.588. The lowest BCUT2D eigenvalue weighted by Crippen LogP contribution is -2.41. The Bertz CT molecular complexity index is 474. The molecule has 0 radical (unpaired) electrons. The molecule has 2 fully saturated rings. The number of amides is 2. The second-order valence-electron chi connectivity index (χ2n) is 5.98. The van der Waals surface area contributed by atoms with Crippen molar-refractivity contribution < 1.29 is 14.3 Å². The van der Waals surface area contributed by atoms with Gasteiger partial charge in [-0.15, -0.1) is 0 Å². The molecule has 5 nitrogen and oxygen atoms in total. The molecule has 2 aliphatic rings. The van der Waals surface area contributed by atoms with Gasteiger partial charge in [-0.25, -0.2) is 4.79 Å². The van der Waals surface area contributed by atoms with E-state index in [1.807, 2.05) is 18.2 Å². The number of benzene rings is 1. The topological polar surface area (TPSA) is 59.6 Å². The predicted octanol–water partition coefficient (Wildman–Crippen LogP) is 2.24. The molecule has 1 aromatic rings. The first-order valence-corrected chi connectivity index (χ1v) is 8.13. The molecule has 3 rings (SSSR count). The minimum atomic E-state index is -0.116. The highest BCUT2D eigenvalue weighted by atomic mass is 16.5. The number of nitrogens with one attached hydrogen (secondary N) is 2. The van der Waals surface area contributed by atoms with Gasteiger partial charge in [-0.3, -0.25) is 0 Å². The van der Waals surface area contributed by atoms with E-state index in [9.17, 15) is 4.79 Å². The summed E-state index contributed by atoms with van der Waals surface area (Å²) in [5, 5.41) is 5.85. The van der Waals surface area contributed by atoms with Gasteiger partial charge in [0.25, 0.3) is 0 Å². The molecule has 120 valence electrons. The first-order valence-electron chi connectivity index (χ1n) is 8.13. The lowest BCUT2D eigenvalue weighted by Gasteiger charge is -2.20. The molecule has 1 unspecified atom stereocenters. The molecule has 5 heteroatoms. The molecule has 0 spiro atoms. The van der Waals surface area contributed by atoms with Crippen molar-refractivity contribution in [3.05, 3.63) is 35.9 Å². The zero-order valence-corrected chi connectivity index (χ0v) is 12.8. The summed E-state index contributed by atoms with van der Waals surface area (Å²) in [7, 11) is 0. The van der Waals surface area contributed by atoms with Crippen LogP contribution in [0.3, 0.4) is 0 Å². The molecule has 0 aliphatic carbocycles. The molecular weight excluding hydrogens is 280 g/mol. The maximum Gasteiger partial charge on any atom is 0.314 e. The number of hydrogen-bond donors (Lipinski definition) is 2. The maximum atomic E-state index is 11.9. The Balaban J connectivity index is 1.43. The van der Waals surface area contributed by atoms with Crippen LogP contribution >= 0.6 is 0 Å². The number of hydrogen-bond acceptors (Lipinski definition) is 3. The van der Waals surface area contributed by atoms with Gasteiger partial charge in [-0.2, -0.15) is 0 Å². The van der Waals surface area contributed by atoms with Gasteiger partial charge in [0.05, 0.1) is 12.2 Å². The quantitative estimate of drug-likeness (QED) is 0.877. The van der Waals surface area contributed by atoms with Crippen molar-refractivity contribution in [2.75, 3.05) is 26.3 Å². The van der Waals surface area contributed by atoms with Crippen LogP contribution in [0.5, 0.6) is 0 Å². The van der Waals surface area contributed by atoms with Crippen molar-refractivity contribution in [3.63, 3.8) is 0 Å². The van der Waals surface area contributed by atoms with Crippen LogP contribution in [0.2, 0.25) is 0 Å². The monoisotopic (exact) mass is 304 g/mol. The molecule has 22 heavy (non-hydrogen) atoms. The summed E-state index contributed by atoms with van der Waals surface area (Å²) in [5.74, 6) is 0.330. The molecule has 1 aromatic carbocycles. The fourth-order valence-electron chi connectivity index (χ4n) is 3.15. The van der Waals surface area contributed by atoms with Crippen LogP contribution in [0.4, 0.5) is 4.79 Å². The van der Waals surface area contributed by atoms with Gasteiger partial charge in [0, 0.05) is 32.2 Å². The minimum Gasteiger partial charge on any atom is -0.376 e. The minimum absolute atomic E-state index is 0.0830. The Hall–Kier alpha value is -1.59. The van der Waals surface area contributed by atoms with Gasteiger partial charge in [0.1, 0.15) is 0 Å². The van der Waals surface area contributed by atoms with E-state index in [0.717, 1.165) is 32.5 Å². The number of ether oxygens (including phenoxy) is 2. The highest BCUT2D eigenvalue weighted by Crippen LogP contribution is 2.33. The van der Waals surface area contributed by atoms with E-state index in [-0.39, 0.29) is 18.2 Å². The first kappa shape index (κ1) is 15.3. The highest BCUT2D eigenvalue weighted by Gasteiger charge is 2.29. The average Bonchev–Trinajstić information content (AvgIpc) is 3.23. The fourth-order valence-corrected chi connectivity index (χ4v) is 3.15. The molecule has 2 N–H and O–H groups in total. The van der Waals surface area contributed by atoms with Crippen LogP contribution in [0, 0.1) is 5.92 Å². The van der Waals surface area contributed by atoms with E-state index in [1.54, 1.807) is 0 Å². The largest absolute Gasteiger partial charge is 0.376 e. The first-order chi connectivity index (χ1) is 10.8. The van der Waals surface area contributed by atoms with Crippen molar-refractivity contribution >= 4 is 6.03 Å². The van der Waals surface area contributed by atoms with Crippen LogP contribution in [0.25, 0.3) is 0 Å². The van der Waals surface area contributed by atoms with E-state index in [4.69, 9.17) is 9.47 Å². The van der Waals surface area contributed by atoms with Crippen molar-refractivity contribution in [2.45, 2.75) is 31.5 Å². The van der Waals surface area contributed by atoms with Gasteiger partial charge in [-0.05, 0) is 24.8 Å². The van der Waals surface area contributed by atoms with E-state index in [0.29, 0.717) is 19.0 Å². The number of urea groups is 1. The van der Waals surface area contributed by atoms with Gasteiger partial charge >= 0.3 is 6.03 Å². The van der Waals surface area contributed by atoms with Gasteiger partial charge < -0.3 is 20.1 Å². The summed E-state index contributed by atoms with van der Waals surface area (Å²) in [6, 6.07) is 10.1. The van der Waals surface area contributed by atoms with E-state index >= 15 is 0 Å². The lowest BCUT2D eigenvalue weighted by molar-refractivity contribution is 0.0907. The van der Waals surface area contributed by atoms with E-state index in [2.05, 4.69) is 22.8 Å². The summed E-state index contributed by atoms with van der Waals surface area (Å²) < 4.78 is 11.3. The highest BCUT2D eigenvalue weighted by molar-refractivity contribution is 5.73. The molecule has 0 saturated carbocycles. The van der Waals surface area contributed by atoms with Crippen molar-refractivity contribution in [3.8, 4) is 0 Å². The maximum absolute atomic E-state index is 11.9. The van der Waals surface area contributed by atoms with Crippen LogP contribution in [0.15, 0.2) is 30.3 Å². The molecule has 0 aromatic heterocycles. The Morgan fingerprint density at radius 1 is 1.05 bits per heavy atom. The van der Waals surface area contributed by atoms with E-state index < -0.39 is 0 Å². The van der Waals surface area contributed by atoms with E-state index in [1.165, 1.54) is 5.56 Å². The predicted molar refractivity (Wildman–Crippen MR) is 83.6 cm³/mol. The number of carbonyl (C=O) groups is 1. The van der Waals surface area contributed by atoms with Crippen molar-refractivity contribution in [2.24, 2.45) is 5.92 Å². The third kappa shape index (κ3) is 3.99. The van der Waals surface area contributed by atoms with Crippen LogP contribution < -0.4 is 10.6 Å². The number of carbonyl (C=O) groups excluding carboxylic acids is 1.